The first-order chi connectivity index (χ1) is 6.09. The van der Waals surface area contributed by atoms with Crippen LogP contribution in [0.4, 0.5) is 0 Å². The van der Waals surface area contributed by atoms with Crippen molar-refractivity contribution in [2.24, 2.45) is 11.3 Å². The molecule has 2 saturated heterocycles. The van der Waals surface area contributed by atoms with Gasteiger partial charge in [-0.25, -0.2) is 0 Å². The average Bonchev–Trinajstić information content (AvgIpc) is 2.45. The molecule has 0 aromatic carbocycles. The number of morpholine rings is 1. The summed E-state index contributed by atoms with van der Waals surface area (Å²) in [6.07, 6.45) is 0.395. The third-order valence-corrected chi connectivity index (χ3v) is 3.02. The van der Waals surface area contributed by atoms with Crippen molar-refractivity contribution in [3.8, 4) is 0 Å². The Balaban J connectivity index is 2.07. The second-order valence-electron chi connectivity index (χ2n) is 5.02. The third kappa shape index (κ3) is 1.73. The minimum absolute atomic E-state index is 0.137. The van der Waals surface area contributed by atoms with Crippen LogP contribution in [0.1, 0.15) is 20.8 Å². The van der Waals surface area contributed by atoms with Crippen LogP contribution in [0.15, 0.2) is 0 Å². The Bertz CT molecular complexity index is 188. The molecule has 3 atom stereocenters. The van der Waals surface area contributed by atoms with E-state index < -0.39 is 0 Å². The summed E-state index contributed by atoms with van der Waals surface area (Å²) >= 11 is 0. The molecular formula is C10H19NO2. The van der Waals surface area contributed by atoms with E-state index in [2.05, 4.69) is 26.1 Å². The van der Waals surface area contributed by atoms with Crippen LogP contribution in [0.3, 0.4) is 0 Å². The van der Waals surface area contributed by atoms with Gasteiger partial charge in [-0.2, -0.15) is 0 Å². The Labute approximate surface area is 79.8 Å². The smallest absolute Gasteiger partial charge is 0.135 e. The largest absolute Gasteiger partial charge is 0.372 e. The summed E-state index contributed by atoms with van der Waals surface area (Å²) in [4.78, 5) is 0. The molecule has 3 heteroatoms. The summed E-state index contributed by atoms with van der Waals surface area (Å²) in [7, 11) is 0. The molecule has 76 valence electrons. The fourth-order valence-electron chi connectivity index (χ4n) is 2.13. The molecule has 3 unspecified atom stereocenters. The van der Waals surface area contributed by atoms with Crippen molar-refractivity contribution in [2.75, 3.05) is 19.8 Å². The molecule has 0 bridgehead atoms. The van der Waals surface area contributed by atoms with Crippen LogP contribution in [-0.2, 0) is 9.47 Å². The second-order valence-corrected chi connectivity index (χ2v) is 5.02. The van der Waals surface area contributed by atoms with Crippen molar-refractivity contribution in [2.45, 2.75) is 33.1 Å². The van der Waals surface area contributed by atoms with Crippen LogP contribution in [0.5, 0.6) is 0 Å². The van der Waals surface area contributed by atoms with Crippen molar-refractivity contribution in [3.63, 3.8) is 0 Å². The van der Waals surface area contributed by atoms with Gasteiger partial charge >= 0.3 is 0 Å². The molecule has 2 aliphatic rings. The lowest BCUT2D eigenvalue weighted by Crippen LogP contribution is -2.49. The zero-order chi connectivity index (χ0) is 9.47. The summed E-state index contributed by atoms with van der Waals surface area (Å²) < 4.78 is 11.4. The van der Waals surface area contributed by atoms with Crippen LogP contribution in [0, 0.1) is 11.3 Å². The number of ether oxygens (including phenoxy) is 2. The van der Waals surface area contributed by atoms with Crippen LogP contribution in [0.25, 0.3) is 0 Å². The standard InChI is InChI=1S/C10H19NO2/c1-10(2,3)7-6-13-9-8(7)12-5-4-11-9/h7-9,11H,4-6H2,1-3H3. The lowest BCUT2D eigenvalue weighted by molar-refractivity contribution is -0.0730. The molecule has 0 aromatic heterocycles. The summed E-state index contributed by atoms with van der Waals surface area (Å²) in [5.74, 6) is 0.519. The normalized spacial score (nSPS) is 40.4. The summed E-state index contributed by atoms with van der Waals surface area (Å²) in [6, 6.07) is 0. The van der Waals surface area contributed by atoms with Crippen molar-refractivity contribution >= 4 is 0 Å². The Hall–Kier alpha value is -0.120. The molecule has 0 aliphatic carbocycles. The van der Waals surface area contributed by atoms with Gasteiger partial charge in [0.05, 0.1) is 13.2 Å². The Kier molecular flexibility index (Phi) is 2.34. The number of hydrogen-bond acceptors (Lipinski definition) is 3. The van der Waals surface area contributed by atoms with Crippen molar-refractivity contribution < 1.29 is 9.47 Å². The highest BCUT2D eigenvalue weighted by molar-refractivity contribution is 4.91. The topological polar surface area (TPSA) is 30.5 Å². The minimum atomic E-state index is 0.137. The zero-order valence-electron chi connectivity index (χ0n) is 8.67. The summed E-state index contributed by atoms with van der Waals surface area (Å²) in [5.41, 5.74) is 0.276. The van der Waals surface area contributed by atoms with Gasteiger partial charge < -0.3 is 9.47 Å². The Morgan fingerprint density at radius 1 is 1.23 bits per heavy atom. The van der Waals surface area contributed by atoms with Crippen molar-refractivity contribution in [3.05, 3.63) is 0 Å². The van der Waals surface area contributed by atoms with Crippen LogP contribution >= 0.6 is 0 Å². The number of hydrogen-bond donors (Lipinski definition) is 1. The van der Waals surface area contributed by atoms with E-state index in [1.165, 1.54) is 0 Å². The first-order valence-corrected chi connectivity index (χ1v) is 5.05. The van der Waals surface area contributed by atoms with E-state index in [1.807, 2.05) is 0 Å². The molecule has 0 saturated carbocycles. The van der Waals surface area contributed by atoms with Crippen LogP contribution in [-0.4, -0.2) is 32.1 Å². The minimum Gasteiger partial charge on any atom is -0.372 e. The van der Waals surface area contributed by atoms with Gasteiger partial charge in [-0.1, -0.05) is 20.8 Å². The van der Waals surface area contributed by atoms with E-state index >= 15 is 0 Å². The molecular weight excluding hydrogens is 166 g/mol. The number of rotatable bonds is 0. The maximum atomic E-state index is 5.75. The fourth-order valence-corrected chi connectivity index (χ4v) is 2.13. The SMILES string of the molecule is CC(C)(C)C1COC2NCCOC21. The third-order valence-electron chi connectivity index (χ3n) is 3.02. The molecule has 2 rings (SSSR count). The van der Waals surface area contributed by atoms with E-state index in [0.29, 0.717) is 5.92 Å². The molecule has 0 spiro atoms. The van der Waals surface area contributed by atoms with Gasteiger partial charge in [0.2, 0.25) is 0 Å². The second kappa shape index (κ2) is 3.23. The summed E-state index contributed by atoms with van der Waals surface area (Å²) in [5, 5.41) is 3.34. The molecule has 3 nitrogen and oxygen atoms in total. The highest BCUT2D eigenvalue weighted by atomic mass is 16.6. The first kappa shape index (κ1) is 9.44. The van der Waals surface area contributed by atoms with Gasteiger partial charge in [0.1, 0.15) is 12.3 Å². The van der Waals surface area contributed by atoms with Crippen molar-refractivity contribution in [1.82, 2.24) is 5.32 Å². The molecule has 13 heavy (non-hydrogen) atoms. The van der Waals surface area contributed by atoms with Crippen LogP contribution < -0.4 is 5.32 Å². The number of nitrogens with one attached hydrogen (secondary N) is 1. The fraction of sp³-hybridized carbons (Fsp3) is 1.00. The van der Waals surface area contributed by atoms with E-state index in [9.17, 15) is 0 Å². The lowest BCUT2D eigenvalue weighted by atomic mass is 9.78. The van der Waals surface area contributed by atoms with E-state index in [1.54, 1.807) is 0 Å². The molecule has 2 aliphatic heterocycles. The monoisotopic (exact) mass is 185 g/mol. The number of fused-ring (bicyclic) bond motifs is 1. The summed E-state index contributed by atoms with van der Waals surface area (Å²) in [6.45, 7) is 9.31. The highest BCUT2D eigenvalue weighted by Gasteiger charge is 2.45. The zero-order valence-corrected chi connectivity index (χ0v) is 8.67. The highest BCUT2D eigenvalue weighted by Crippen LogP contribution is 2.37. The average molecular weight is 185 g/mol. The maximum absolute atomic E-state index is 5.75. The van der Waals surface area contributed by atoms with E-state index in [0.717, 1.165) is 19.8 Å². The predicted octanol–water partition coefficient (Wildman–Crippen LogP) is 0.993. The quantitative estimate of drug-likeness (QED) is 0.610. The van der Waals surface area contributed by atoms with Gasteiger partial charge in [0.15, 0.2) is 0 Å². The molecule has 2 heterocycles. The van der Waals surface area contributed by atoms with Gasteiger partial charge in [0, 0.05) is 12.5 Å². The van der Waals surface area contributed by atoms with E-state index in [-0.39, 0.29) is 17.7 Å². The van der Waals surface area contributed by atoms with Crippen molar-refractivity contribution in [1.29, 1.82) is 0 Å². The van der Waals surface area contributed by atoms with Gasteiger partial charge in [-0.05, 0) is 5.41 Å². The first-order valence-electron chi connectivity index (χ1n) is 5.05. The molecule has 0 amide bonds. The molecule has 2 fully saturated rings. The molecule has 0 aromatic rings. The Morgan fingerprint density at radius 2 is 2.00 bits per heavy atom. The maximum Gasteiger partial charge on any atom is 0.135 e. The lowest BCUT2D eigenvalue weighted by Gasteiger charge is -2.34. The van der Waals surface area contributed by atoms with E-state index in [4.69, 9.17) is 9.47 Å². The Morgan fingerprint density at radius 3 is 2.69 bits per heavy atom. The van der Waals surface area contributed by atoms with Gasteiger partial charge in [0.25, 0.3) is 0 Å². The molecule has 1 N–H and O–H groups in total. The van der Waals surface area contributed by atoms with Crippen LogP contribution in [0.2, 0.25) is 0 Å². The van der Waals surface area contributed by atoms with Gasteiger partial charge in [-0.3, -0.25) is 5.32 Å². The molecule has 0 radical (unpaired) electrons. The predicted molar refractivity (Wildman–Crippen MR) is 50.4 cm³/mol. The van der Waals surface area contributed by atoms with Gasteiger partial charge in [-0.15, -0.1) is 0 Å².